The van der Waals surface area contributed by atoms with Crippen molar-refractivity contribution >= 4 is 61.1 Å². The molecule has 72 valence electrons. The highest BCUT2D eigenvalue weighted by molar-refractivity contribution is 6.62. The van der Waals surface area contributed by atoms with Crippen molar-refractivity contribution in [3.63, 3.8) is 0 Å². The first-order valence-corrected chi connectivity index (χ1v) is 7.11. The predicted octanol–water partition coefficient (Wildman–Crippen LogP) is 3.53. The van der Waals surface area contributed by atoms with Crippen LogP contribution in [-0.2, 0) is 0 Å². The van der Waals surface area contributed by atoms with Crippen LogP contribution in [0.4, 0.5) is 0 Å². The zero-order valence-electron chi connectivity index (χ0n) is 7.00. The molecule has 0 amide bonds. The number of halogens is 4. The van der Waals surface area contributed by atoms with Gasteiger partial charge in [0.1, 0.15) is 0 Å². The van der Waals surface area contributed by atoms with E-state index in [1.54, 1.807) is 0 Å². The van der Waals surface area contributed by atoms with E-state index in [0.717, 1.165) is 11.2 Å². The maximum absolute atomic E-state index is 6.01. The summed E-state index contributed by atoms with van der Waals surface area (Å²) in [5, 5.41) is 2.88. The van der Waals surface area contributed by atoms with Crippen LogP contribution in [-0.4, -0.2) is 9.52 Å². The average Bonchev–Trinajstić information content (AvgIpc) is 2.11. The van der Waals surface area contributed by atoms with Crippen LogP contribution in [0.1, 0.15) is 6.92 Å². The highest BCUT2D eigenvalue weighted by atomic mass is 35.5. The van der Waals surface area contributed by atoms with Crippen LogP contribution in [0.3, 0.4) is 0 Å². The molecule has 0 nitrogen and oxygen atoms in total. The van der Waals surface area contributed by atoms with Crippen molar-refractivity contribution in [2.75, 3.05) is 0 Å². The Morgan fingerprint density at radius 2 is 1.69 bits per heavy atom. The lowest BCUT2D eigenvalue weighted by atomic mass is 10.3. The van der Waals surface area contributed by atoms with Crippen molar-refractivity contribution in [3.8, 4) is 0 Å². The number of hydrogen-bond acceptors (Lipinski definition) is 0. The van der Waals surface area contributed by atoms with Gasteiger partial charge in [0.05, 0.1) is 29.6 Å². The molecule has 13 heavy (non-hydrogen) atoms. The summed E-state index contributed by atoms with van der Waals surface area (Å²) in [6.07, 6.45) is 0. The fourth-order valence-corrected chi connectivity index (χ4v) is 3.73. The third kappa shape index (κ3) is 2.54. The standard InChI is InChI=1S/C8H8Cl4Si/c1-2-13-5-3-4(9)6(10)8(12)7(5)11/h3H,2,13H2,1H3. The third-order valence-electron chi connectivity index (χ3n) is 1.70. The zero-order valence-corrected chi connectivity index (χ0v) is 11.4. The van der Waals surface area contributed by atoms with Gasteiger partial charge in [-0.25, -0.2) is 0 Å². The summed E-state index contributed by atoms with van der Waals surface area (Å²) in [4.78, 5) is 0. The molecule has 0 bridgehead atoms. The highest BCUT2D eigenvalue weighted by Gasteiger charge is 2.12. The quantitative estimate of drug-likeness (QED) is 0.439. The summed E-state index contributed by atoms with van der Waals surface area (Å²) >= 11 is 23.6. The fourth-order valence-electron chi connectivity index (χ4n) is 1.07. The van der Waals surface area contributed by atoms with Gasteiger partial charge in [0.15, 0.2) is 0 Å². The lowest BCUT2D eigenvalue weighted by Gasteiger charge is -2.07. The summed E-state index contributed by atoms with van der Waals surface area (Å²) in [5.74, 6) is 0. The van der Waals surface area contributed by atoms with Crippen molar-refractivity contribution in [2.24, 2.45) is 0 Å². The SMILES string of the molecule is CC[SiH2]c1cc(Cl)c(Cl)c(Cl)c1Cl. The lowest BCUT2D eigenvalue weighted by molar-refractivity contribution is 1.46. The Bertz CT molecular complexity index is 324. The number of rotatable bonds is 2. The van der Waals surface area contributed by atoms with E-state index in [1.165, 1.54) is 0 Å². The van der Waals surface area contributed by atoms with Gasteiger partial charge in [0, 0.05) is 0 Å². The Labute approximate surface area is 99.9 Å². The van der Waals surface area contributed by atoms with Crippen LogP contribution in [0, 0.1) is 0 Å². The fraction of sp³-hybridized carbons (Fsp3) is 0.250. The van der Waals surface area contributed by atoms with Crippen LogP contribution in [0.15, 0.2) is 6.07 Å². The normalized spacial score (nSPS) is 11.5. The molecular formula is C8H8Cl4Si. The summed E-state index contributed by atoms with van der Waals surface area (Å²) in [6, 6.07) is 2.96. The zero-order chi connectivity index (χ0) is 10.0. The second-order valence-corrected chi connectivity index (χ2v) is 6.51. The lowest BCUT2D eigenvalue weighted by Crippen LogP contribution is -2.14. The third-order valence-corrected chi connectivity index (χ3v) is 5.31. The number of benzene rings is 1. The maximum atomic E-state index is 6.01. The average molecular weight is 274 g/mol. The van der Waals surface area contributed by atoms with E-state index in [1.807, 2.05) is 6.07 Å². The molecule has 0 aliphatic heterocycles. The molecule has 0 saturated carbocycles. The molecule has 0 N–H and O–H groups in total. The molecule has 0 aliphatic rings. The molecule has 1 aromatic carbocycles. The first-order valence-electron chi connectivity index (χ1n) is 3.89. The molecule has 0 aromatic heterocycles. The molecule has 0 saturated heterocycles. The van der Waals surface area contributed by atoms with Crippen LogP contribution >= 0.6 is 46.4 Å². The molecule has 0 heterocycles. The molecule has 1 aromatic rings. The topological polar surface area (TPSA) is 0 Å². The molecule has 0 radical (unpaired) electrons. The Morgan fingerprint density at radius 3 is 2.23 bits per heavy atom. The van der Waals surface area contributed by atoms with Crippen LogP contribution in [0.25, 0.3) is 0 Å². The Kier molecular flexibility index (Phi) is 4.40. The Hall–Kier alpha value is 0.597. The van der Waals surface area contributed by atoms with Gasteiger partial charge >= 0.3 is 0 Å². The van der Waals surface area contributed by atoms with Crippen molar-refractivity contribution in [2.45, 2.75) is 13.0 Å². The van der Waals surface area contributed by atoms with E-state index < -0.39 is 0 Å². The summed E-state index contributed by atoms with van der Waals surface area (Å²) in [6.45, 7) is 2.12. The minimum atomic E-state index is -0.348. The van der Waals surface area contributed by atoms with E-state index in [4.69, 9.17) is 46.4 Å². The first-order chi connectivity index (χ1) is 6.07. The van der Waals surface area contributed by atoms with Crippen LogP contribution in [0.2, 0.25) is 26.1 Å². The van der Waals surface area contributed by atoms with E-state index in [0.29, 0.717) is 20.1 Å². The van der Waals surface area contributed by atoms with Gasteiger partial charge in [-0.3, -0.25) is 0 Å². The van der Waals surface area contributed by atoms with Crippen LogP contribution in [0.5, 0.6) is 0 Å². The van der Waals surface area contributed by atoms with E-state index in [-0.39, 0.29) is 9.52 Å². The smallest absolute Gasteiger partial charge is 0.0793 e. The summed E-state index contributed by atoms with van der Waals surface area (Å²) < 4.78 is 0. The second-order valence-electron chi connectivity index (χ2n) is 2.71. The number of hydrogen-bond donors (Lipinski definition) is 0. The Morgan fingerprint density at radius 1 is 1.08 bits per heavy atom. The molecule has 0 unspecified atom stereocenters. The van der Waals surface area contributed by atoms with Gasteiger partial charge in [-0.1, -0.05) is 59.4 Å². The van der Waals surface area contributed by atoms with E-state index in [2.05, 4.69) is 6.92 Å². The van der Waals surface area contributed by atoms with Crippen molar-refractivity contribution < 1.29 is 0 Å². The van der Waals surface area contributed by atoms with Crippen LogP contribution < -0.4 is 5.19 Å². The van der Waals surface area contributed by atoms with E-state index >= 15 is 0 Å². The molecule has 0 spiro atoms. The van der Waals surface area contributed by atoms with Crippen molar-refractivity contribution in [1.29, 1.82) is 0 Å². The molecule has 5 heteroatoms. The van der Waals surface area contributed by atoms with Gasteiger partial charge in [0.25, 0.3) is 0 Å². The highest BCUT2D eigenvalue weighted by Crippen LogP contribution is 2.33. The maximum Gasteiger partial charge on any atom is 0.0793 e. The summed E-state index contributed by atoms with van der Waals surface area (Å²) in [5.41, 5.74) is 0. The molecule has 0 fully saturated rings. The van der Waals surface area contributed by atoms with Crippen molar-refractivity contribution in [1.82, 2.24) is 0 Å². The molecule has 0 atom stereocenters. The van der Waals surface area contributed by atoms with Gasteiger partial charge in [-0.2, -0.15) is 0 Å². The largest absolute Gasteiger partial charge is 0.0828 e. The van der Waals surface area contributed by atoms with Gasteiger partial charge in [-0.05, 0) is 11.3 Å². The Balaban J connectivity index is 3.24. The molecule has 0 aliphatic carbocycles. The van der Waals surface area contributed by atoms with Gasteiger partial charge in [0.2, 0.25) is 0 Å². The molecular weight excluding hydrogens is 266 g/mol. The minimum absolute atomic E-state index is 0.348. The van der Waals surface area contributed by atoms with Crippen molar-refractivity contribution in [3.05, 3.63) is 26.2 Å². The van der Waals surface area contributed by atoms with Gasteiger partial charge < -0.3 is 0 Å². The monoisotopic (exact) mass is 272 g/mol. The summed E-state index contributed by atoms with van der Waals surface area (Å²) in [7, 11) is -0.348. The first kappa shape index (κ1) is 11.7. The van der Waals surface area contributed by atoms with E-state index in [9.17, 15) is 0 Å². The van der Waals surface area contributed by atoms with Gasteiger partial charge in [-0.15, -0.1) is 0 Å². The second kappa shape index (κ2) is 4.90. The predicted molar refractivity (Wildman–Crippen MR) is 65.1 cm³/mol. The molecule has 1 rings (SSSR count). The minimum Gasteiger partial charge on any atom is -0.0828 e.